The van der Waals surface area contributed by atoms with Crippen molar-refractivity contribution in [1.82, 2.24) is 8.61 Å². The van der Waals surface area contributed by atoms with Crippen molar-refractivity contribution in [2.75, 3.05) is 19.6 Å². The minimum Gasteiger partial charge on any atom is -0.207 e. The maximum absolute atomic E-state index is 13.3. The first-order valence-electron chi connectivity index (χ1n) is 9.20. The lowest BCUT2D eigenvalue weighted by molar-refractivity contribution is 0.212. The molecule has 0 N–H and O–H groups in total. The molecule has 1 heterocycles. The van der Waals surface area contributed by atoms with Gasteiger partial charge in [0.15, 0.2) is 0 Å². The van der Waals surface area contributed by atoms with Crippen LogP contribution in [0.5, 0.6) is 0 Å². The van der Waals surface area contributed by atoms with Gasteiger partial charge in [0.05, 0.1) is 29.9 Å². The molecule has 0 spiro atoms. The minimum absolute atomic E-state index is 0.00798. The molecule has 170 valence electrons. The van der Waals surface area contributed by atoms with E-state index < -0.39 is 26.1 Å². The first-order chi connectivity index (χ1) is 14.3. The molecule has 0 aliphatic carbocycles. The fourth-order valence-electron chi connectivity index (χ4n) is 3.56. The molecular weight excluding hydrogens is 526 g/mol. The Labute approximate surface area is 202 Å². The molecule has 0 radical (unpaired) electrons. The molecule has 0 saturated carbocycles. The topological polar surface area (TPSA) is 74.8 Å². The molecule has 1 fully saturated rings. The number of nitrogens with zero attached hydrogens (tertiary/aromatic N) is 2. The van der Waals surface area contributed by atoms with E-state index in [-0.39, 0.29) is 49.5 Å². The molecule has 1 atom stereocenters. The highest BCUT2D eigenvalue weighted by molar-refractivity contribution is 7.89. The standard InChI is InChI=1S/C19H20Cl4N2O4S2/c1-11-6-14(20)16(22)8-18(11)30(26,27)24-4-5-25(13(3)10-24)31(28,29)19-9-17(23)15(21)7-12(19)2/h6-9,13H,4-5,10H2,1-3H3/t13-/m1/s1. The summed E-state index contributed by atoms with van der Waals surface area (Å²) >= 11 is 24.0. The van der Waals surface area contributed by atoms with E-state index in [1.807, 2.05) is 0 Å². The molecule has 1 aliphatic rings. The van der Waals surface area contributed by atoms with Gasteiger partial charge >= 0.3 is 0 Å². The van der Waals surface area contributed by atoms with Gasteiger partial charge in [-0.05, 0) is 56.2 Å². The normalized spacial score (nSPS) is 19.0. The molecule has 2 aromatic carbocycles. The van der Waals surface area contributed by atoms with Crippen LogP contribution in [0.1, 0.15) is 18.1 Å². The van der Waals surface area contributed by atoms with Crippen LogP contribution < -0.4 is 0 Å². The van der Waals surface area contributed by atoms with Crippen molar-refractivity contribution in [2.45, 2.75) is 36.6 Å². The highest BCUT2D eigenvalue weighted by atomic mass is 35.5. The highest BCUT2D eigenvalue weighted by Crippen LogP contribution is 2.33. The van der Waals surface area contributed by atoms with E-state index in [4.69, 9.17) is 46.4 Å². The van der Waals surface area contributed by atoms with Crippen LogP contribution in [0.3, 0.4) is 0 Å². The molecule has 3 rings (SSSR count). The molecule has 0 bridgehead atoms. The quantitative estimate of drug-likeness (QED) is 0.541. The summed E-state index contributed by atoms with van der Waals surface area (Å²) in [7, 11) is -7.79. The Hall–Kier alpha value is -0.580. The van der Waals surface area contributed by atoms with Crippen LogP contribution in [-0.2, 0) is 20.0 Å². The maximum atomic E-state index is 13.3. The van der Waals surface area contributed by atoms with E-state index in [2.05, 4.69) is 0 Å². The fraction of sp³-hybridized carbons (Fsp3) is 0.368. The molecule has 2 aromatic rings. The third-order valence-corrected chi connectivity index (χ3v) is 10.8. The minimum atomic E-state index is -3.91. The Morgan fingerprint density at radius 3 is 1.61 bits per heavy atom. The predicted octanol–water partition coefficient (Wildman–Crippen LogP) is 5.00. The molecule has 6 nitrogen and oxygen atoms in total. The second-order valence-electron chi connectivity index (χ2n) is 7.39. The van der Waals surface area contributed by atoms with E-state index in [1.165, 1.54) is 32.9 Å². The summed E-state index contributed by atoms with van der Waals surface area (Å²) in [5, 5.41) is 0.795. The SMILES string of the molecule is Cc1cc(Cl)c(Cl)cc1S(=O)(=O)N1CCN(S(=O)(=O)c2cc(Cl)c(Cl)cc2C)[C@H](C)C1. The zero-order valence-corrected chi connectivity index (χ0v) is 21.5. The van der Waals surface area contributed by atoms with Gasteiger partial charge in [0, 0.05) is 25.7 Å². The zero-order chi connectivity index (χ0) is 23.3. The van der Waals surface area contributed by atoms with E-state index in [0.29, 0.717) is 11.1 Å². The van der Waals surface area contributed by atoms with Crippen LogP contribution in [0.15, 0.2) is 34.1 Å². The van der Waals surface area contributed by atoms with Crippen molar-refractivity contribution in [3.63, 3.8) is 0 Å². The summed E-state index contributed by atoms with van der Waals surface area (Å²) < 4.78 is 55.5. The van der Waals surface area contributed by atoms with Crippen molar-refractivity contribution in [3.05, 3.63) is 55.5 Å². The summed E-state index contributed by atoms with van der Waals surface area (Å²) in [6, 6.07) is 5.03. The molecular formula is C19H20Cl4N2O4S2. The number of benzene rings is 2. The highest BCUT2D eigenvalue weighted by Gasteiger charge is 2.39. The van der Waals surface area contributed by atoms with Gasteiger partial charge in [-0.2, -0.15) is 8.61 Å². The fourth-order valence-corrected chi connectivity index (χ4v) is 8.05. The van der Waals surface area contributed by atoms with Gasteiger partial charge in [-0.3, -0.25) is 0 Å². The monoisotopic (exact) mass is 544 g/mol. The second-order valence-corrected chi connectivity index (χ2v) is 12.8. The van der Waals surface area contributed by atoms with E-state index in [1.54, 1.807) is 20.8 Å². The van der Waals surface area contributed by atoms with Gasteiger partial charge in [-0.25, -0.2) is 16.8 Å². The van der Waals surface area contributed by atoms with Crippen LogP contribution >= 0.6 is 46.4 Å². The first-order valence-corrected chi connectivity index (χ1v) is 13.6. The van der Waals surface area contributed by atoms with Crippen molar-refractivity contribution >= 4 is 66.5 Å². The van der Waals surface area contributed by atoms with Gasteiger partial charge < -0.3 is 0 Å². The summed E-state index contributed by atoms with van der Waals surface area (Å²) in [6.45, 7) is 4.89. The van der Waals surface area contributed by atoms with E-state index in [9.17, 15) is 16.8 Å². The molecule has 0 unspecified atom stereocenters. The van der Waals surface area contributed by atoms with Crippen LogP contribution in [0, 0.1) is 13.8 Å². The lowest BCUT2D eigenvalue weighted by Gasteiger charge is -2.38. The third-order valence-electron chi connectivity index (χ3n) is 5.17. The first kappa shape index (κ1) is 25.1. The number of halogens is 4. The summed E-state index contributed by atoms with van der Waals surface area (Å²) in [6.07, 6.45) is 0. The van der Waals surface area contributed by atoms with E-state index in [0.717, 1.165) is 0 Å². The maximum Gasteiger partial charge on any atom is 0.243 e. The smallest absolute Gasteiger partial charge is 0.207 e. The van der Waals surface area contributed by atoms with Crippen molar-refractivity contribution in [3.8, 4) is 0 Å². The number of hydrogen-bond donors (Lipinski definition) is 0. The number of piperazine rings is 1. The van der Waals surface area contributed by atoms with Crippen LogP contribution in [0.2, 0.25) is 20.1 Å². The average Bonchev–Trinajstić information content (AvgIpc) is 2.66. The average molecular weight is 546 g/mol. The van der Waals surface area contributed by atoms with Gasteiger partial charge in [0.25, 0.3) is 0 Å². The third kappa shape index (κ3) is 4.73. The summed E-state index contributed by atoms with van der Waals surface area (Å²) in [5.41, 5.74) is 0.923. The molecule has 0 amide bonds. The van der Waals surface area contributed by atoms with Crippen LogP contribution in [-0.4, -0.2) is 51.1 Å². The Bertz CT molecular complexity index is 1250. The number of hydrogen-bond acceptors (Lipinski definition) is 4. The Morgan fingerprint density at radius 2 is 1.16 bits per heavy atom. The van der Waals surface area contributed by atoms with Gasteiger partial charge in [-0.1, -0.05) is 46.4 Å². The van der Waals surface area contributed by atoms with Gasteiger partial charge in [-0.15, -0.1) is 0 Å². The second kappa shape index (κ2) is 8.99. The predicted molar refractivity (Wildman–Crippen MR) is 125 cm³/mol. The Morgan fingerprint density at radius 1 is 0.742 bits per heavy atom. The van der Waals surface area contributed by atoms with Crippen molar-refractivity contribution in [1.29, 1.82) is 0 Å². The molecule has 1 saturated heterocycles. The van der Waals surface area contributed by atoms with Crippen molar-refractivity contribution in [2.24, 2.45) is 0 Å². The summed E-state index contributed by atoms with van der Waals surface area (Å²) in [5.74, 6) is 0. The van der Waals surface area contributed by atoms with Crippen molar-refractivity contribution < 1.29 is 16.8 Å². The van der Waals surface area contributed by atoms with Crippen LogP contribution in [0.4, 0.5) is 0 Å². The molecule has 1 aliphatic heterocycles. The number of sulfonamides is 2. The number of rotatable bonds is 4. The van der Waals surface area contributed by atoms with Gasteiger partial charge in [0.2, 0.25) is 20.0 Å². The van der Waals surface area contributed by atoms with Crippen LogP contribution in [0.25, 0.3) is 0 Å². The zero-order valence-electron chi connectivity index (χ0n) is 16.9. The molecule has 0 aromatic heterocycles. The van der Waals surface area contributed by atoms with Gasteiger partial charge in [0.1, 0.15) is 0 Å². The Balaban J connectivity index is 1.90. The lowest BCUT2D eigenvalue weighted by atomic mass is 10.2. The van der Waals surface area contributed by atoms with E-state index >= 15 is 0 Å². The largest absolute Gasteiger partial charge is 0.243 e. The summed E-state index contributed by atoms with van der Waals surface area (Å²) in [4.78, 5) is 0.0936. The molecule has 31 heavy (non-hydrogen) atoms. The number of aryl methyl sites for hydroxylation is 2. The molecule has 12 heteroatoms. The lowest BCUT2D eigenvalue weighted by Crippen LogP contribution is -2.55. The Kier molecular flexibility index (Phi) is 7.26.